The molecule has 5 nitrogen and oxygen atoms in total. The Morgan fingerprint density at radius 2 is 1.86 bits per heavy atom. The van der Waals surface area contributed by atoms with Gasteiger partial charge in [0.2, 0.25) is 0 Å². The Hall–Kier alpha value is -2.66. The number of nitrogens with zero attached hydrogens (tertiary/aromatic N) is 1. The largest absolute Gasteiger partial charge is 0.486 e. The second-order valence-corrected chi connectivity index (χ2v) is 4.62. The number of fused-ring (bicyclic) bond motifs is 1. The van der Waals surface area contributed by atoms with Gasteiger partial charge >= 0.3 is 0 Å². The molecule has 0 aliphatic rings. The predicted octanol–water partition coefficient (Wildman–Crippen LogP) is 1.99. The SMILES string of the molecule is O=c1[nH]c(COc2ccc(CO)cc2)nc2ccccc12. The lowest BCUT2D eigenvalue weighted by atomic mass is 10.2. The van der Waals surface area contributed by atoms with Crippen LogP contribution in [-0.4, -0.2) is 15.1 Å². The third-order valence-electron chi connectivity index (χ3n) is 3.14. The second-order valence-electron chi connectivity index (χ2n) is 4.62. The summed E-state index contributed by atoms with van der Waals surface area (Å²) in [7, 11) is 0. The van der Waals surface area contributed by atoms with E-state index < -0.39 is 0 Å². The van der Waals surface area contributed by atoms with E-state index in [1.807, 2.05) is 6.07 Å². The van der Waals surface area contributed by atoms with E-state index in [2.05, 4.69) is 9.97 Å². The van der Waals surface area contributed by atoms with Gasteiger partial charge in [0, 0.05) is 0 Å². The van der Waals surface area contributed by atoms with Crippen LogP contribution < -0.4 is 10.3 Å². The monoisotopic (exact) mass is 282 g/mol. The number of aromatic nitrogens is 2. The molecule has 1 heterocycles. The Bertz CT molecular complexity index is 810. The first-order chi connectivity index (χ1) is 10.3. The lowest BCUT2D eigenvalue weighted by Crippen LogP contribution is -2.13. The number of aliphatic hydroxyl groups is 1. The minimum Gasteiger partial charge on any atom is -0.486 e. The summed E-state index contributed by atoms with van der Waals surface area (Å²) >= 11 is 0. The highest BCUT2D eigenvalue weighted by Gasteiger charge is 2.04. The number of nitrogens with one attached hydrogen (secondary N) is 1. The normalized spacial score (nSPS) is 10.7. The van der Waals surface area contributed by atoms with Crippen molar-refractivity contribution in [2.75, 3.05) is 0 Å². The maximum absolute atomic E-state index is 11.9. The summed E-state index contributed by atoms with van der Waals surface area (Å²) in [6.45, 7) is 0.179. The van der Waals surface area contributed by atoms with E-state index in [0.29, 0.717) is 22.5 Å². The van der Waals surface area contributed by atoms with Gasteiger partial charge in [0.1, 0.15) is 18.2 Å². The van der Waals surface area contributed by atoms with Crippen LogP contribution >= 0.6 is 0 Å². The fraction of sp³-hybridized carbons (Fsp3) is 0.125. The summed E-state index contributed by atoms with van der Waals surface area (Å²) in [6, 6.07) is 14.3. The van der Waals surface area contributed by atoms with E-state index in [0.717, 1.165) is 5.56 Å². The quantitative estimate of drug-likeness (QED) is 0.767. The van der Waals surface area contributed by atoms with Gasteiger partial charge in [-0.3, -0.25) is 4.79 Å². The molecule has 0 aliphatic carbocycles. The molecule has 2 aromatic carbocycles. The zero-order valence-electron chi connectivity index (χ0n) is 11.2. The van der Waals surface area contributed by atoms with Gasteiger partial charge in [-0.25, -0.2) is 4.98 Å². The van der Waals surface area contributed by atoms with Crippen molar-refractivity contribution in [3.8, 4) is 5.75 Å². The molecule has 0 amide bonds. The molecule has 0 saturated heterocycles. The molecule has 1 aromatic heterocycles. The predicted molar refractivity (Wildman–Crippen MR) is 79.1 cm³/mol. The molecule has 0 spiro atoms. The lowest BCUT2D eigenvalue weighted by Gasteiger charge is -2.07. The number of hydrogen-bond acceptors (Lipinski definition) is 4. The number of rotatable bonds is 4. The molecule has 0 radical (unpaired) electrons. The van der Waals surface area contributed by atoms with E-state index >= 15 is 0 Å². The second kappa shape index (κ2) is 5.76. The Labute approximate surface area is 120 Å². The van der Waals surface area contributed by atoms with Gasteiger partial charge in [-0.1, -0.05) is 24.3 Å². The van der Waals surface area contributed by atoms with Crippen LogP contribution in [0.3, 0.4) is 0 Å². The minimum absolute atomic E-state index is 0.000169. The highest BCUT2D eigenvalue weighted by Crippen LogP contribution is 2.13. The van der Waals surface area contributed by atoms with Crippen LogP contribution in [0, 0.1) is 0 Å². The standard InChI is InChI=1S/C16H14N2O3/c19-9-11-5-7-12(8-6-11)21-10-15-17-14-4-2-1-3-13(14)16(20)18-15/h1-8,19H,9-10H2,(H,17,18,20). The Morgan fingerprint density at radius 3 is 2.62 bits per heavy atom. The molecule has 106 valence electrons. The van der Waals surface area contributed by atoms with Gasteiger partial charge < -0.3 is 14.8 Å². The summed E-state index contributed by atoms with van der Waals surface area (Å²) in [5.41, 5.74) is 1.30. The van der Waals surface area contributed by atoms with Gasteiger partial charge in [0.25, 0.3) is 5.56 Å². The third kappa shape index (κ3) is 2.93. The summed E-state index contributed by atoms with van der Waals surface area (Å²) < 4.78 is 5.58. The van der Waals surface area contributed by atoms with Crippen LogP contribution in [-0.2, 0) is 13.2 Å². The fourth-order valence-electron chi connectivity index (χ4n) is 2.05. The van der Waals surface area contributed by atoms with Crippen molar-refractivity contribution in [3.05, 3.63) is 70.3 Å². The fourth-order valence-corrected chi connectivity index (χ4v) is 2.05. The lowest BCUT2D eigenvalue weighted by molar-refractivity contribution is 0.280. The first kappa shape index (κ1) is 13.3. The van der Waals surface area contributed by atoms with E-state index in [1.165, 1.54) is 0 Å². The maximum Gasteiger partial charge on any atom is 0.258 e. The van der Waals surface area contributed by atoms with Crippen molar-refractivity contribution >= 4 is 10.9 Å². The average Bonchev–Trinajstić information content (AvgIpc) is 2.53. The van der Waals surface area contributed by atoms with Crippen molar-refractivity contribution in [2.45, 2.75) is 13.2 Å². The number of H-pyrrole nitrogens is 1. The van der Waals surface area contributed by atoms with Crippen LogP contribution in [0.4, 0.5) is 0 Å². The van der Waals surface area contributed by atoms with Gasteiger partial charge in [-0.05, 0) is 29.8 Å². The topological polar surface area (TPSA) is 75.2 Å². The molecule has 0 bridgehead atoms. The summed E-state index contributed by atoms with van der Waals surface area (Å²) in [5.74, 6) is 1.13. The molecular formula is C16H14N2O3. The number of hydrogen-bond donors (Lipinski definition) is 2. The first-order valence-corrected chi connectivity index (χ1v) is 6.57. The number of ether oxygens (including phenoxy) is 1. The Morgan fingerprint density at radius 1 is 1.10 bits per heavy atom. The van der Waals surface area contributed by atoms with E-state index in [4.69, 9.17) is 9.84 Å². The van der Waals surface area contributed by atoms with Crippen LogP contribution in [0.5, 0.6) is 5.75 Å². The zero-order valence-corrected chi connectivity index (χ0v) is 11.2. The molecule has 5 heteroatoms. The number of para-hydroxylation sites is 1. The maximum atomic E-state index is 11.9. The first-order valence-electron chi connectivity index (χ1n) is 6.57. The molecule has 0 aliphatic heterocycles. The molecule has 3 rings (SSSR count). The summed E-state index contributed by atoms with van der Waals surface area (Å²) in [4.78, 5) is 19.0. The molecule has 0 saturated carbocycles. The molecule has 0 unspecified atom stereocenters. The van der Waals surface area contributed by atoms with Crippen molar-refractivity contribution in [2.24, 2.45) is 0 Å². The number of benzene rings is 2. The molecule has 3 aromatic rings. The van der Waals surface area contributed by atoms with Crippen molar-refractivity contribution in [3.63, 3.8) is 0 Å². The van der Waals surface area contributed by atoms with Crippen molar-refractivity contribution < 1.29 is 9.84 Å². The van der Waals surface area contributed by atoms with Gasteiger partial charge in [0.15, 0.2) is 0 Å². The summed E-state index contributed by atoms with van der Waals surface area (Å²) in [5, 5.41) is 9.54. The van der Waals surface area contributed by atoms with Crippen LogP contribution in [0.15, 0.2) is 53.3 Å². The minimum atomic E-state index is -0.171. The summed E-state index contributed by atoms with van der Waals surface area (Å²) in [6.07, 6.45) is 0. The van der Waals surface area contributed by atoms with E-state index in [1.54, 1.807) is 42.5 Å². The highest BCUT2D eigenvalue weighted by molar-refractivity contribution is 5.77. The Kier molecular flexibility index (Phi) is 3.66. The van der Waals surface area contributed by atoms with Gasteiger partial charge in [-0.15, -0.1) is 0 Å². The third-order valence-corrected chi connectivity index (χ3v) is 3.14. The number of aromatic amines is 1. The van der Waals surface area contributed by atoms with Crippen LogP contribution in [0.2, 0.25) is 0 Å². The highest BCUT2D eigenvalue weighted by atomic mass is 16.5. The van der Waals surface area contributed by atoms with Crippen molar-refractivity contribution in [1.29, 1.82) is 0 Å². The van der Waals surface area contributed by atoms with Gasteiger partial charge in [-0.2, -0.15) is 0 Å². The Balaban J connectivity index is 1.80. The van der Waals surface area contributed by atoms with Gasteiger partial charge in [0.05, 0.1) is 17.5 Å². The number of aliphatic hydroxyl groups excluding tert-OH is 1. The van der Waals surface area contributed by atoms with Crippen molar-refractivity contribution in [1.82, 2.24) is 9.97 Å². The smallest absolute Gasteiger partial charge is 0.258 e. The molecule has 2 N–H and O–H groups in total. The van der Waals surface area contributed by atoms with Crippen LogP contribution in [0.1, 0.15) is 11.4 Å². The average molecular weight is 282 g/mol. The molecule has 0 fully saturated rings. The molecular weight excluding hydrogens is 268 g/mol. The van der Waals surface area contributed by atoms with E-state index in [9.17, 15) is 4.79 Å². The molecule has 21 heavy (non-hydrogen) atoms. The molecule has 0 atom stereocenters. The van der Waals surface area contributed by atoms with E-state index in [-0.39, 0.29) is 18.8 Å². The van der Waals surface area contributed by atoms with Crippen LogP contribution in [0.25, 0.3) is 10.9 Å². The zero-order chi connectivity index (χ0) is 14.7.